The summed E-state index contributed by atoms with van der Waals surface area (Å²) in [5.74, 6) is 1.84. The molecule has 1 aliphatic heterocycles. The lowest BCUT2D eigenvalue weighted by Crippen LogP contribution is -2.27. The number of alkyl halides is 1. The van der Waals surface area contributed by atoms with Crippen LogP contribution in [0.3, 0.4) is 0 Å². The van der Waals surface area contributed by atoms with E-state index in [2.05, 4.69) is 22.9 Å². The maximum atomic E-state index is 11.4. The fourth-order valence-electron chi connectivity index (χ4n) is 2.29. The van der Waals surface area contributed by atoms with Crippen LogP contribution in [0, 0.1) is 17.8 Å². The van der Waals surface area contributed by atoms with Gasteiger partial charge in [-0.3, -0.25) is 0 Å². The van der Waals surface area contributed by atoms with E-state index in [-0.39, 0.29) is 0 Å². The van der Waals surface area contributed by atoms with Crippen molar-refractivity contribution >= 4 is 25.8 Å². The molecular formula is C10H19BrO3S. The Balaban J connectivity index is 2.60. The van der Waals surface area contributed by atoms with E-state index in [4.69, 9.17) is 4.74 Å². The summed E-state index contributed by atoms with van der Waals surface area (Å²) in [5, 5.41) is 0.859. The van der Waals surface area contributed by atoms with E-state index in [0.29, 0.717) is 35.9 Å². The highest BCUT2D eigenvalue weighted by Crippen LogP contribution is 2.32. The van der Waals surface area contributed by atoms with Crippen molar-refractivity contribution in [2.45, 2.75) is 13.3 Å². The molecule has 3 nitrogen and oxygen atoms in total. The van der Waals surface area contributed by atoms with Gasteiger partial charge in [-0.05, 0) is 24.2 Å². The molecule has 1 fully saturated rings. The van der Waals surface area contributed by atoms with Crippen LogP contribution in [0.1, 0.15) is 13.3 Å². The summed E-state index contributed by atoms with van der Waals surface area (Å²) in [4.78, 5) is 0. The van der Waals surface area contributed by atoms with E-state index in [1.165, 1.54) is 0 Å². The van der Waals surface area contributed by atoms with Crippen LogP contribution in [0.15, 0.2) is 0 Å². The standard InChI is InChI=1S/C10H19BrO3S/c1-8(6-14-2)10(5-11)9-3-4-15(12,13)7-9/h8-10H,3-7H2,1-2H3. The molecule has 1 aliphatic rings. The van der Waals surface area contributed by atoms with Crippen molar-refractivity contribution in [1.82, 2.24) is 0 Å². The van der Waals surface area contributed by atoms with Gasteiger partial charge >= 0.3 is 0 Å². The molecule has 0 amide bonds. The van der Waals surface area contributed by atoms with Gasteiger partial charge in [-0.15, -0.1) is 0 Å². The van der Waals surface area contributed by atoms with E-state index in [1.54, 1.807) is 7.11 Å². The number of sulfone groups is 1. The average Bonchev–Trinajstić information content (AvgIpc) is 2.48. The smallest absolute Gasteiger partial charge is 0.150 e. The van der Waals surface area contributed by atoms with Crippen molar-refractivity contribution in [2.75, 3.05) is 30.6 Å². The Morgan fingerprint density at radius 3 is 2.60 bits per heavy atom. The second-order valence-electron chi connectivity index (χ2n) is 4.41. The fourth-order valence-corrected chi connectivity index (χ4v) is 5.35. The Morgan fingerprint density at radius 1 is 1.53 bits per heavy atom. The molecule has 3 unspecified atom stereocenters. The lowest BCUT2D eigenvalue weighted by molar-refractivity contribution is 0.119. The summed E-state index contributed by atoms with van der Waals surface area (Å²) in [6.07, 6.45) is 0.812. The predicted octanol–water partition coefficient (Wildman–Crippen LogP) is 1.71. The molecule has 1 heterocycles. The summed E-state index contributed by atoms with van der Waals surface area (Å²) < 4.78 is 27.9. The number of rotatable bonds is 5. The fraction of sp³-hybridized carbons (Fsp3) is 1.00. The summed E-state index contributed by atoms with van der Waals surface area (Å²) in [7, 11) is -1.07. The van der Waals surface area contributed by atoms with Crippen molar-refractivity contribution in [3.05, 3.63) is 0 Å². The molecule has 0 aromatic carbocycles. The number of hydrogen-bond acceptors (Lipinski definition) is 3. The summed E-state index contributed by atoms with van der Waals surface area (Å²) in [5.41, 5.74) is 0. The van der Waals surface area contributed by atoms with E-state index in [1.807, 2.05) is 0 Å². The lowest BCUT2D eigenvalue weighted by Gasteiger charge is -2.26. The zero-order valence-electron chi connectivity index (χ0n) is 9.28. The molecule has 90 valence electrons. The van der Waals surface area contributed by atoms with Gasteiger partial charge in [0.2, 0.25) is 0 Å². The van der Waals surface area contributed by atoms with Crippen LogP contribution in [0.4, 0.5) is 0 Å². The monoisotopic (exact) mass is 298 g/mol. The molecular weight excluding hydrogens is 280 g/mol. The van der Waals surface area contributed by atoms with Crippen molar-refractivity contribution < 1.29 is 13.2 Å². The Kier molecular flexibility index (Phi) is 5.06. The summed E-state index contributed by atoms with van der Waals surface area (Å²) in [6, 6.07) is 0. The molecule has 5 heteroatoms. The molecule has 0 radical (unpaired) electrons. The Hall–Kier alpha value is 0.390. The van der Waals surface area contributed by atoms with Gasteiger partial charge in [0, 0.05) is 19.0 Å². The highest BCUT2D eigenvalue weighted by Gasteiger charge is 2.35. The van der Waals surface area contributed by atoms with Crippen LogP contribution in [0.5, 0.6) is 0 Å². The minimum atomic E-state index is -2.76. The van der Waals surface area contributed by atoms with Gasteiger partial charge in [-0.1, -0.05) is 22.9 Å². The number of methoxy groups -OCH3 is 1. The zero-order valence-corrected chi connectivity index (χ0v) is 11.7. The Bertz CT molecular complexity index is 289. The molecule has 0 aromatic heterocycles. The quantitative estimate of drug-likeness (QED) is 0.726. The average molecular weight is 299 g/mol. The molecule has 0 aliphatic carbocycles. The zero-order chi connectivity index (χ0) is 11.5. The third-order valence-electron chi connectivity index (χ3n) is 3.21. The van der Waals surface area contributed by atoms with Gasteiger partial charge in [0.1, 0.15) is 0 Å². The minimum Gasteiger partial charge on any atom is -0.384 e. The number of halogens is 1. The molecule has 0 N–H and O–H groups in total. The summed E-state index contributed by atoms with van der Waals surface area (Å²) >= 11 is 3.48. The predicted molar refractivity (Wildman–Crippen MR) is 65.1 cm³/mol. The van der Waals surface area contributed by atoms with Gasteiger partial charge in [0.15, 0.2) is 9.84 Å². The van der Waals surface area contributed by atoms with Crippen LogP contribution in [-0.2, 0) is 14.6 Å². The molecule has 1 rings (SSSR count). The summed E-state index contributed by atoms with van der Waals surface area (Å²) in [6.45, 7) is 2.83. The third kappa shape index (κ3) is 3.71. The van der Waals surface area contributed by atoms with Crippen molar-refractivity contribution in [2.24, 2.45) is 17.8 Å². The number of hydrogen-bond donors (Lipinski definition) is 0. The lowest BCUT2D eigenvalue weighted by atomic mass is 9.84. The first-order chi connectivity index (χ1) is 7.00. The van der Waals surface area contributed by atoms with E-state index >= 15 is 0 Å². The van der Waals surface area contributed by atoms with Crippen LogP contribution in [0.25, 0.3) is 0 Å². The SMILES string of the molecule is COCC(C)C(CBr)C1CCS(=O)(=O)C1. The van der Waals surface area contributed by atoms with Gasteiger partial charge in [0.05, 0.1) is 11.5 Å². The maximum Gasteiger partial charge on any atom is 0.150 e. The molecule has 15 heavy (non-hydrogen) atoms. The maximum absolute atomic E-state index is 11.4. The minimum absolute atomic E-state index is 0.305. The molecule has 0 spiro atoms. The molecule has 0 aromatic rings. The van der Waals surface area contributed by atoms with Crippen molar-refractivity contribution in [3.63, 3.8) is 0 Å². The van der Waals surface area contributed by atoms with Gasteiger partial charge in [0.25, 0.3) is 0 Å². The first-order valence-electron chi connectivity index (χ1n) is 5.25. The Morgan fingerprint density at radius 2 is 2.20 bits per heavy atom. The van der Waals surface area contributed by atoms with Gasteiger partial charge < -0.3 is 4.74 Å². The molecule has 0 saturated carbocycles. The highest BCUT2D eigenvalue weighted by atomic mass is 79.9. The van der Waals surface area contributed by atoms with Crippen LogP contribution >= 0.6 is 15.9 Å². The Labute approximate surface area is 101 Å². The van der Waals surface area contributed by atoms with Crippen molar-refractivity contribution in [3.8, 4) is 0 Å². The van der Waals surface area contributed by atoms with Crippen molar-refractivity contribution in [1.29, 1.82) is 0 Å². The third-order valence-corrected chi connectivity index (χ3v) is 5.75. The molecule has 0 bridgehead atoms. The van der Waals surface area contributed by atoms with E-state index in [9.17, 15) is 8.42 Å². The molecule has 3 atom stereocenters. The first-order valence-corrected chi connectivity index (χ1v) is 8.19. The number of ether oxygens (including phenoxy) is 1. The van der Waals surface area contributed by atoms with Crippen LogP contribution in [-0.4, -0.2) is 39.0 Å². The highest BCUT2D eigenvalue weighted by molar-refractivity contribution is 9.09. The second-order valence-corrected chi connectivity index (χ2v) is 7.29. The van der Waals surface area contributed by atoms with Gasteiger partial charge in [-0.2, -0.15) is 0 Å². The largest absolute Gasteiger partial charge is 0.384 e. The van der Waals surface area contributed by atoms with E-state index in [0.717, 1.165) is 11.8 Å². The van der Waals surface area contributed by atoms with Gasteiger partial charge in [-0.25, -0.2) is 8.42 Å². The van der Waals surface area contributed by atoms with Crippen LogP contribution < -0.4 is 0 Å². The van der Waals surface area contributed by atoms with Crippen LogP contribution in [0.2, 0.25) is 0 Å². The first kappa shape index (κ1) is 13.5. The second kappa shape index (κ2) is 5.64. The normalized spacial score (nSPS) is 28.9. The molecule has 1 saturated heterocycles. The van der Waals surface area contributed by atoms with E-state index < -0.39 is 9.84 Å². The topological polar surface area (TPSA) is 43.4 Å².